The normalized spacial score (nSPS) is 30.8. The van der Waals surface area contributed by atoms with Crippen molar-refractivity contribution in [2.45, 2.75) is 95.4 Å². The lowest BCUT2D eigenvalue weighted by Gasteiger charge is -2.39. The molecule has 0 bridgehead atoms. The third-order valence-electron chi connectivity index (χ3n) is 7.33. The molecule has 5 atom stereocenters. The van der Waals surface area contributed by atoms with E-state index in [1.165, 1.54) is 49.7 Å². The van der Waals surface area contributed by atoms with Gasteiger partial charge in [-0.1, -0.05) is 49.9 Å². The van der Waals surface area contributed by atoms with E-state index in [1.54, 1.807) is 0 Å². The first-order valence-electron chi connectivity index (χ1n) is 13.0. The SMILES string of the molecule is CC1CC(NCCCN)NC(NC(=O)NC2Cc3ccccc3C(C3CCCCCC3)N2)N1. The summed E-state index contributed by atoms with van der Waals surface area (Å²) in [5, 5.41) is 20.4. The number of amides is 2. The van der Waals surface area contributed by atoms with Gasteiger partial charge in [-0.25, -0.2) is 4.79 Å². The highest BCUT2D eigenvalue weighted by Gasteiger charge is 2.33. The van der Waals surface area contributed by atoms with Crippen LogP contribution in [0, 0.1) is 5.92 Å². The van der Waals surface area contributed by atoms with Crippen molar-refractivity contribution in [2.75, 3.05) is 13.1 Å². The van der Waals surface area contributed by atoms with Gasteiger partial charge in [0.2, 0.25) is 0 Å². The molecule has 4 rings (SSSR count). The molecule has 1 saturated carbocycles. The average Bonchev–Trinajstić information content (AvgIpc) is 3.08. The van der Waals surface area contributed by atoms with Crippen molar-refractivity contribution in [3.05, 3.63) is 35.4 Å². The first-order chi connectivity index (χ1) is 16.1. The number of hydrogen-bond acceptors (Lipinski definition) is 6. The molecule has 0 aromatic heterocycles. The zero-order valence-electron chi connectivity index (χ0n) is 20.0. The highest BCUT2D eigenvalue weighted by molar-refractivity contribution is 5.74. The standard InChI is InChI=1S/C25H43N7O/c1-17-15-21(27-14-8-13-26)30-24(28-17)32-25(33)31-22-16-19-11-6-7-12-20(19)23(29-22)18-9-4-2-3-5-10-18/h6-7,11-12,17-18,21-24,27-30H,2-5,8-10,13-16,26H2,1H3,(H2,31,32,33). The smallest absolute Gasteiger partial charge is 0.318 e. The lowest BCUT2D eigenvalue weighted by Crippen LogP contribution is -2.69. The summed E-state index contributed by atoms with van der Waals surface area (Å²) >= 11 is 0. The first-order valence-corrected chi connectivity index (χ1v) is 13.0. The van der Waals surface area contributed by atoms with Crippen LogP contribution in [0.2, 0.25) is 0 Å². The van der Waals surface area contributed by atoms with E-state index in [0.29, 0.717) is 24.5 Å². The molecule has 2 heterocycles. The van der Waals surface area contributed by atoms with Crippen molar-refractivity contribution in [3.8, 4) is 0 Å². The van der Waals surface area contributed by atoms with Gasteiger partial charge in [0.05, 0.1) is 12.3 Å². The number of nitrogens with one attached hydrogen (secondary N) is 6. The maximum Gasteiger partial charge on any atom is 0.318 e. The predicted octanol–water partition coefficient (Wildman–Crippen LogP) is 1.99. The minimum Gasteiger partial charge on any atom is -0.330 e. The fourth-order valence-corrected chi connectivity index (χ4v) is 5.69. The summed E-state index contributed by atoms with van der Waals surface area (Å²) in [6.45, 7) is 3.69. The number of rotatable bonds is 7. The number of nitrogens with two attached hydrogens (primary N) is 1. The molecule has 5 unspecified atom stereocenters. The summed E-state index contributed by atoms with van der Waals surface area (Å²) in [5.74, 6) is 0.629. The molecule has 0 radical (unpaired) electrons. The molecule has 8 nitrogen and oxygen atoms in total. The fourth-order valence-electron chi connectivity index (χ4n) is 5.69. The van der Waals surface area contributed by atoms with E-state index in [9.17, 15) is 4.79 Å². The van der Waals surface area contributed by atoms with Gasteiger partial charge in [-0.2, -0.15) is 0 Å². The van der Waals surface area contributed by atoms with Crippen molar-refractivity contribution in [1.29, 1.82) is 0 Å². The summed E-state index contributed by atoms with van der Waals surface area (Å²) < 4.78 is 0. The number of carbonyl (C=O) groups is 1. The second-order valence-electron chi connectivity index (χ2n) is 10.0. The van der Waals surface area contributed by atoms with E-state index in [4.69, 9.17) is 5.73 Å². The molecule has 3 aliphatic rings. The van der Waals surface area contributed by atoms with Crippen molar-refractivity contribution < 1.29 is 4.79 Å². The Kier molecular flexibility index (Phi) is 8.97. The number of fused-ring (bicyclic) bond motifs is 1. The van der Waals surface area contributed by atoms with Crippen molar-refractivity contribution in [2.24, 2.45) is 11.7 Å². The third-order valence-corrected chi connectivity index (χ3v) is 7.33. The highest BCUT2D eigenvalue weighted by atomic mass is 16.2. The summed E-state index contributed by atoms with van der Waals surface area (Å²) in [6.07, 6.45) is 10.3. The fraction of sp³-hybridized carbons (Fsp3) is 0.720. The minimum atomic E-state index is -0.280. The molecule has 1 aromatic rings. The average molecular weight is 458 g/mol. The quantitative estimate of drug-likeness (QED) is 0.249. The second-order valence-corrected chi connectivity index (χ2v) is 10.0. The van der Waals surface area contributed by atoms with Gasteiger partial charge in [0, 0.05) is 18.5 Å². The Bertz CT molecular complexity index is 752. The second kappa shape index (κ2) is 12.1. The van der Waals surface area contributed by atoms with Gasteiger partial charge in [0.25, 0.3) is 0 Å². The Hall–Kier alpha value is -1.71. The maximum atomic E-state index is 12.9. The van der Waals surface area contributed by atoms with E-state index in [0.717, 1.165) is 25.8 Å². The molecular formula is C25H43N7O. The maximum absolute atomic E-state index is 12.9. The number of urea groups is 1. The van der Waals surface area contributed by atoms with Crippen molar-refractivity contribution in [3.63, 3.8) is 0 Å². The zero-order chi connectivity index (χ0) is 23.0. The third kappa shape index (κ3) is 6.90. The van der Waals surface area contributed by atoms with Gasteiger partial charge in [0.1, 0.15) is 6.29 Å². The monoisotopic (exact) mass is 457 g/mol. The van der Waals surface area contributed by atoms with Gasteiger partial charge in [-0.15, -0.1) is 0 Å². The minimum absolute atomic E-state index is 0.0763. The number of hydrogen-bond donors (Lipinski definition) is 7. The van der Waals surface area contributed by atoms with Crippen LogP contribution in [0.3, 0.4) is 0 Å². The molecule has 2 fully saturated rings. The van der Waals surface area contributed by atoms with Crippen LogP contribution < -0.4 is 37.6 Å². The van der Waals surface area contributed by atoms with Crippen LogP contribution in [0.25, 0.3) is 0 Å². The van der Waals surface area contributed by atoms with Crippen LogP contribution >= 0.6 is 0 Å². The zero-order valence-corrected chi connectivity index (χ0v) is 20.0. The highest BCUT2D eigenvalue weighted by Crippen LogP contribution is 2.37. The molecule has 8 N–H and O–H groups in total. The first kappa shape index (κ1) is 24.4. The van der Waals surface area contributed by atoms with Gasteiger partial charge >= 0.3 is 6.03 Å². The Balaban J connectivity index is 1.34. The van der Waals surface area contributed by atoms with Crippen LogP contribution in [0.1, 0.15) is 75.5 Å². The van der Waals surface area contributed by atoms with Crippen LogP contribution in [0.15, 0.2) is 24.3 Å². The van der Waals surface area contributed by atoms with Crippen LogP contribution in [-0.4, -0.2) is 43.8 Å². The Labute approximate surface area is 198 Å². The topological polar surface area (TPSA) is 115 Å². The molecule has 0 spiro atoms. The van der Waals surface area contributed by atoms with Gasteiger partial charge in [-0.3, -0.25) is 16.0 Å². The molecule has 33 heavy (non-hydrogen) atoms. The van der Waals surface area contributed by atoms with Gasteiger partial charge in [0.15, 0.2) is 0 Å². The lowest BCUT2D eigenvalue weighted by molar-refractivity contribution is 0.182. The lowest BCUT2D eigenvalue weighted by atomic mass is 9.82. The van der Waals surface area contributed by atoms with Crippen LogP contribution in [-0.2, 0) is 6.42 Å². The van der Waals surface area contributed by atoms with E-state index < -0.39 is 0 Å². The van der Waals surface area contributed by atoms with Gasteiger partial charge in [-0.05, 0) is 62.7 Å². The molecule has 8 heteroatoms. The van der Waals surface area contributed by atoms with E-state index >= 15 is 0 Å². The molecule has 184 valence electrons. The molecular weight excluding hydrogens is 414 g/mol. The van der Waals surface area contributed by atoms with E-state index in [1.807, 2.05) is 0 Å². The van der Waals surface area contributed by atoms with Crippen molar-refractivity contribution in [1.82, 2.24) is 31.9 Å². The summed E-state index contributed by atoms with van der Waals surface area (Å²) in [7, 11) is 0. The largest absolute Gasteiger partial charge is 0.330 e. The number of carbonyl (C=O) groups excluding carboxylic acids is 1. The van der Waals surface area contributed by atoms with Crippen LogP contribution in [0.4, 0.5) is 4.79 Å². The van der Waals surface area contributed by atoms with Crippen LogP contribution in [0.5, 0.6) is 0 Å². The predicted molar refractivity (Wildman–Crippen MR) is 132 cm³/mol. The molecule has 2 aliphatic heterocycles. The van der Waals surface area contributed by atoms with Gasteiger partial charge < -0.3 is 21.7 Å². The summed E-state index contributed by atoms with van der Waals surface area (Å²) in [5.41, 5.74) is 8.37. The van der Waals surface area contributed by atoms with E-state index in [2.05, 4.69) is 63.1 Å². The summed E-state index contributed by atoms with van der Waals surface area (Å²) in [6, 6.07) is 9.18. The number of benzene rings is 1. The molecule has 1 saturated heterocycles. The Morgan fingerprint density at radius 1 is 1.03 bits per heavy atom. The van der Waals surface area contributed by atoms with Crippen molar-refractivity contribution >= 4 is 6.03 Å². The summed E-state index contributed by atoms with van der Waals surface area (Å²) in [4.78, 5) is 12.9. The van der Waals surface area contributed by atoms with E-state index in [-0.39, 0.29) is 24.7 Å². The molecule has 1 aromatic carbocycles. The Morgan fingerprint density at radius 3 is 2.61 bits per heavy atom. The molecule has 1 aliphatic carbocycles. The molecule has 2 amide bonds. The Morgan fingerprint density at radius 2 is 1.82 bits per heavy atom.